The van der Waals surface area contributed by atoms with Gasteiger partial charge in [-0.15, -0.1) is 0 Å². The van der Waals surface area contributed by atoms with Crippen LogP contribution in [0.3, 0.4) is 0 Å². The molecule has 0 radical (unpaired) electrons. The molecule has 34 heavy (non-hydrogen) atoms. The number of sulfonamides is 1. The van der Waals surface area contributed by atoms with E-state index < -0.39 is 10.0 Å². The molecule has 3 aromatic carbocycles. The van der Waals surface area contributed by atoms with Gasteiger partial charge in [-0.2, -0.15) is 4.31 Å². The second-order valence-electron chi connectivity index (χ2n) is 8.49. The number of benzene rings is 3. The van der Waals surface area contributed by atoms with Crippen molar-refractivity contribution in [2.45, 2.75) is 6.42 Å². The van der Waals surface area contributed by atoms with Gasteiger partial charge in [0, 0.05) is 44.8 Å². The third-order valence-electron chi connectivity index (χ3n) is 6.18. The zero-order valence-electron chi connectivity index (χ0n) is 19.3. The smallest absolute Gasteiger partial charge is 0.251 e. The minimum atomic E-state index is -3.40. The summed E-state index contributed by atoms with van der Waals surface area (Å²) in [4.78, 5) is 14.8. The lowest BCUT2D eigenvalue weighted by atomic mass is 10.0. The van der Waals surface area contributed by atoms with Crippen molar-refractivity contribution in [1.29, 1.82) is 0 Å². The number of rotatable bonds is 9. The molecule has 1 heterocycles. The molecule has 0 unspecified atom stereocenters. The maximum absolute atomic E-state index is 12.7. The lowest BCUT2D eigenvalue weighted by Crippen LogP contribution is -2.50. The minimum Gasteiger partial charge on any atom is -0.351 e. The molecule has 6 nitrogen and oxygen atoms in total. The van der Waals surface area contributed by atoms with Gasteiger partial charge in [0.15, 0.2) is 0 Å². The van der Waals surface area contributed by atoms with Crippen molar-refractivity contribution >= 4 is 15.9 Å². The monoisotopic (exact) mass is 477 g/mol. The standard InChI is InChI=1S/C27H31N3O3S/c31-27(26-13-11-25(12-14-26)24-9-5-2-6-10-24)28-16-22-34(32,33)30-20-18-29(19-21-30)17-15-23-7-3-1-4-8-23/h1-14H,15-22H2,(H,28,31). The van der Waals surface area contributed by atoms with E-state index in [1.165, 1.54) is 5.56 Å². The van der Waals surface area contributed by atoms with Gasteiger partial charge in [0.25, 0.3) is 5.91 Å². The van der Waals surface area contributed by atoms with Crippen LogP contribution in [0.4, 0.5) is 0 Å². The van der Waals surface area contributed by atoms with Crippen LogP contribution in [0.5, 0.6) is 0 Å². The summed E-state index contributed by atoms with van der Waals surface area (Å²) in [5.41, 5.74) is 3.93. The van der Waals surface area contributed by atoms with E-state index in [9.17, 15) is 13.2 Å². The summed E-state index contributed by atoms with van der Waals surface area (Å²) < 4.78 is 27.0. The number of nitrogens with one attached hydrogen (secondary N) is 1. The Morgan fingerprint density at radius 1 is 0.765 bits per heavy atom. The Balaban J connectivity index is 1.20. The van der Waals surface area contributed by atoms with Crippen LogP contribution < -0.4 is 5.32 Å². The first-order valence-electron chi connectivity index (χ1n) is 11.7. The van der Waals surface area contributed by atoms with Gasteiger partial charge in [0.2, 0.25) is 10.0 Å². The summed E-state index contributed by atoms with van der Waals surface area (Å²) in [5, 5.41) is 2.75. The quantitative estimate of drug-likeness (QED) is 0.514. The molecule has 1 aliphatic heterocycles. The number of piperazine rings is 1. The third-order valence-corrected chi connectivity index (χ3v) is 8.06. The number of amides is 1. The lowest BCUT2D eigenvalue weighted by Gasteiger charge is -2.34. The maximum Gasteiger partial charge on any atom is 0.251 e. The van der Waals surface area contributed by atoms with E-state index in [-0.39, 0.29) is 18.2 Å². The van der Waals surface area contributed by atoms with Gasteiger partial charge in [-0.3, -0.25) is 4.79 Å². The van der Waals surface area contributed by atoms with E-state index in [1.54, 1.807) is 16.4 Å². The average molecular weight is 478 g/mol. The normalized spacial score (nSPS) is 15.2. The Morgan fingerprint density at radius 2 is 1.35 bits per heavy atom. The van der Waals surface area contributed by atoms with E-state index in [0.29, 0.717) is 18.7 Å². The fraction of sp³-hybridized carbons (Fsp3) is 0.296. The van der Waals surface area contributed by atoms with Gasteiger partial charge in [0.05, 0.1) is 5.75 Å². The van der Waals surface area contributed by atoms with Crippen molar-refractivity contribution in [3.05, 3.63) is 96.1 Å². The summed E-state index contributed by atoms with van der Waals surface area (Å²) in [6, 6.07) is 27.6. The second kappa shape index (κ2) is 11.4. The molecule has 0 saturated carbocycles. The molecule has 0 spiro atoms. The molecular weight excluding hydrogens is 446 g/mol. The summed E-state index contributed by atoms with van der Waals surface area (Å²) in [6.07, 6.45) is 0.964. The minimum absolute atomic E-state index is 0.0924. The van der Waals surface area contributed by atoms with Crippen LogP contribution in [0, 0.1) is 0 Å². The largest absolute Gasteiger partial charge is 0.351 e. The molecular formula is C27H31N3O3S. The lowest BCUT2D eigenvalue weighted by molar-refractivity contribution is 0.0956. The van der Waals surface area contributed by atoms with Crippen LogP contribution in [-0.2, 0) is 16.4 Å². The Labute approximate surface area is 202 Å². The van der Waals surface area contributed by atoms with Crippen molar-refractivity contribution in [2.24, 2.45) is 0 Å². The number of hydrogen-bond acceptors (Lipinski definition) is 4. The predicted octanol–water partition coefficient (Wildman–Crippen LogP) is 3.27. The molecule has 0 aromatic heterocycles. The highest BCUT2D eigenvalue weighted by Gasteiger charge is 2.26. The Kier molecular flexibility index (Phi) is 8.11. The molecule has 178 valence electrons. The summed E-state index contributed by atoms with van der Waals surface area (Å²) in [7, 11) is -3.40. The Bertz CT molecular complexity index is 1160. The molecule has 0 aliphatic carbocycles. The third kappa shape index (κ3) is 6.53. The first-order chi connectivity index (χ1) is 16.5. The highest BCUT2D eigenvalue weighted by atomic mass is 32.2. The van der Waals surface area contributed by atoms with Crippen molar-refractivity contribution in [3.8, 4) is 11.1 Å². The second-order valence-corrected chi connectivity index (χ2v) is 10.6. The van der Waals surface area contributed by atoms with Crippen molar-refractivity contribution in [3.63, 3.8) is 0 Å². The van der Waals surface area contributed by atoms with Crippen LogP contribution >= 0.6 is 0 Å². The van der Waals surface area contributed by atoms with Crippen LogP contribution in [0.2, 0.25) is 0 Å². The molecule has 7 heteroatoms. The van der Waals surface area contributed by atoms with Crippen LogP contribution in [0.1, 0.15) is 15.9 Å². The topological polar surface area (TPSA) is 69.7 Å². The average Bonchev–Trinajstić information content (AvgIpc) is 2.89. The summed E-state index contributed by atoms with van der Waals surface area (Å²) in [5.74, 6) is -0.356. The van der Waals surface area contributed by atoms with Crippen LogP contribution in [-0.4, -0.2) is 68.6 Å². The predicted molar refractivity (Wildman–Crippen MR) is 136 cm³/mol. The molecule has 0 bridgehead atoms. The van der Waals surface area contributed by atoms with Crippen LogP contribution in [0.25, 0.3) is 11.1 Å². The van der Waals surface area contributed by atoms with Gasteiger partial charge in [-0.1, -0.05) is 72.8 Å². The summed E-state index contributed by atoms with van der Waals surface area (Å²) >= 11 is 0. The van der Waals surface area contributed by atoms with Crippen molar-refractivity contribution in [2.75, 3.05) is 45.0 Å². The van der Waals surface area contributed by atoms with Gasteiger partial charge >= 0.3 is 0 Å². The van der Waals surface area contributed by atoms with Crippen molar-refractivity contribution < 1.29 is 13.2 Å². The van der Waals surface area contributed by atoms with E-state index in [1.807, 2.05) is 60.7 Å². The highest BCUT2D eigenvalue weighted by Crippen LogP contribution is 2.19. The molecule has 3 aromatic rings. The molecule has 0 atom stereocenters. The Hall–Kier alpha value is -3.00. The number of hydrogen-bond donors (Lipinski definition) is 1. The zero-order chi connectivity index (χ0) is 23.8. The van der Waals surface area contributed by atoms with Crippen molar-refractivity contribution in [1.82, 2.24) is 14.5 Å². The molecule has 1 amide bonds. The fourth-order valence-electron chi connectivity index (χ4n) is 4.13. The highest BCUT2D eigenvalue weighted by molar-refractivity contribution is 7.89. The van der Waals surface area contributed by atoms with E-state index in [4.69, 9.17) is 0 Å². The molecule has 1 aliphatic rings. The van der Waals surface area contributed by atoms with Crippen LogP contribution in [0.15, 0.2) is 84.9 Å². The summed E-state index contributed by atoms with van der Waals surface area (Å²) in [6.45, 7) is 3.46. The van der Waals surface area contributed by atoms with E-state index in [0.717, 1.165) is 37.2 Å². The molecule has 4 rings (SSSR count). The number of nitrogens with zero attached hydrogens (tertiary/aromatic N) is 2. The SMILES string of the molecule is O=C(NCCS(=O)(=O)N1CCN(CCc2ccccc2)CC1)c1ccc(-c2ccccc2)cc1. The first kappa shape index (κ1) is 24.1. The fourth-order valence-corrected chi connectivity index (χ4v) is 5.47. The molecule has 1 fully saturated rings. The maximum atomic E-state index is 12.7. The molecule has 1 saturated heterocycles. The number of carbonyl (C=O) groups is 1. The molecule has 1 N–H and O–H groups in total. The van der Waals surface area contributed by atoms with E-state index in [2.05, 4.69) is 22.3 Å². The first-order valence-corrected chi connectivity index (χ1v) is 13.3. The number of carbonyl (C=O) groups excluding carboxylic acids is 1. The van der Waals surface area contributed by atoms with Gasteiger partial charge in [0.1, 0.15) is 0 Å². The van der Waals surface area contributed by atoms with E-state index >= 15 is 0 Å². The zero-order valence-corrected chi connectivity index (χ0v) is 20.1. The van der Waals surface area contributed by atoms with Gasteiger partial charge in [-0.25, -0.2) is 8.42 Å². The van der Waals surface area contributed by atoms with Gasteiger partial charge < -0.3 is 10.2 Å². The Morgan fingerprint density at radius 3 is 2.00 bits per heavy atom. The van der Waals surface area contributed by atoms with Gasteiger partial charge in [-0.05, 0) is 35.2 Å².